The van der Waals surface area contributed by atoms with Crippen LogP contribution in [-0.4, -0.2) is 33.6 Å². The van der Waals surface area contributed by atoms with Gasteiger partial charge in [0, 0.05) is 18.6 Å². The number of anilines is 1. The fraction of sp³-hybridized carbons (Fsp3) is 0.250. The number of hydrogen-bond acceptors (Lipinski definition) is 3. The highest BCUT2D eigenvalue weighted by molar-refractivity contribution is 6.32. The van der Waals surface area contributed by atoms with Crippen LogP contribution in [0.3, 0.4) is 0 Å². The third-order valence-corrected chi connectivity index (χ3v) is 3.98. The zero-order valence-electron chi connectivity index (χ0n) is 12.3. The lowest BCUT2D eigenvalue weighted by atomic mass is 10.1. The Morgan fingerprint density at radius 2 is 2.22 bits per heavy atom. The highest BCUT2D eigenvalue weighted by atomic mass is 35.5. The van der Waals surface area contributed by atoms with Gasteiger partial charge < -0.3 is 15.7 Å². The molecule has 1 aromatic heterocycles. The van der Waals surface area contributed by atoms with E-state index in [2.05, 4.69) is 15.7 Å². The number of hydrogen-bond donors (Lipinski definition) is 3. The molecule has 0 spiro atoms. The number of rotatable bonds is 4. The molecule has 0 saturated heterocycles. The van der Waals surface area contributed by atoms with Crippen molar-refractivity contribution in [2.24, 2.45) is 5.92 Å². The molecular formula is C16H17ClN4O2. The fourth-order valence-corrected chi connectivity index (χ4v) is 2.73. The average Bonchev–Trinajstić information content (AvgIpc) is 3.17. The maximum atomic E-state index is 12.0. The van der Waals surface area contributed by atoms with Crippen LogP contribution in [0.2, 0.25) is 5.02 Å². The number of aliphatic hydroxyl groups excluding tert-OH is 1. The molecule has 0 bridgehead atoms. The first-order chi connectivity index (χ1) is 11.2. The third kappa shape index (κ3) is 3.72. The van der Waals surface area contributed by atoms with Crippen LogP contribution in [0, 0.1) is 5.92 Å². The van der Waals surface area contributed by atoms with Crippen LogP contribution in [0.15, 0.2) is 48.8 Å². The van der Waals surface area contributed by atoms with Gasteiger partial charge in [-0.3, -0.25) is 0 Å². The monoisotopic (exact) mass is 332 g/mol. The number of para-hydroxylation sites is 1. The molecular weight excluding hydrogens is 316 g/mol. The van der Waals surface area contributed by atoms with Crippen LogP contribution in [0.4, 0.5) is 10.5 Å². The summed E-state index contributed by atoms with van der Waals surface area (Å²) in [5.41, 5.74) is 1.32. The van der Waals surface area contributed by atoms with E-state index in [1.54, 1.807) is 23.1 Å². The second kappa shape index (κ2) is 6.85. The van der Waals surface area contributed by atoms with Crippen molar-refractivity contribution in [1.82, 2.24) is 15.1 Å². The van der Waals surface area contributed by atoms with Crippen molar-refractivity contribution in [2.75, 3.05) is 11.9 Å². The van der Waals surface area contributed by atoms with Crippen molar-refractivity contribution >= 4 is 23.3 Å². The van der Waals surface area contributed by atoms with E-state index in [-0.39, 0.29) is 24.6 Å². The average molecular weight is 333 g/mol. The molecule has 1 heterocycles. The topological polar surface area (TPSA) is 79.2 Å². The molecule has 0 aliphatic heterocycles. The Morgan fingerprint density at radius 1 is 1.39 bits per heavy atom. The molecule has 2 aromatic rings. The smallest absolute Gasteiger partial charge is 0.319 e. The van der Waals surface area contributed by atoms with Crippen LogP contribution < -0.4 is 10.6 Å². The number of halogens is 1. The number of nitrogens with zero attached hydrogens (tertiary/aromatic N) is 2. The van der Waals surface area contributed by atoms with Gasteiger partial charge in [0.15, 0.2) is 0 Å². The lowest BCUT2D eigenvalue weighted by Crippen LogP contribution is -2.36. The molecule has 3 rings (SSSR count). The number of aliphatic hydroxyl groups is 1. The number of aromatic nitrogens is 2. The van der Waals surface area contributed by atoms with Gasteiger partial charge >= 0.3 is 6.03 Å². The summed E-state index contributed by atoms with van der Waals surface area (Å²) >= 11 is 6.13. The maximum Gasteiger partial charge on any atom is 0.319 e. The van der Waals surface area contributed by atoms with Gasteiger partial charge in [-0.1, -0.05) is 35.9 Å². The van der Waals surface area contributed by atoms with Gasteiger partial charge in [-0.2, -0.15) is 5.10 Å². The maximum absolute atomic E-state index is 12.0. The third-order valence-electron chi connectivity index (χ3n) is 3.66. The van der Waals surface area contributed by atoms with Gasteiger partial charge in [0.05, 0.1) is 28.8 Å². The van der Waals surface area contributed by atoms with Gasteiger partial charge in [-0.25, -0.2) is 9.48 Å². The van der Waals surface area contributed by atoms with Gasteiger partial charge in [0.25, 0.3) is 0 Å². The van der Waals surface area contributed by atoms with Gasteiger partial charge in [0.1, 0.15) is 0 Å². The molecule has 3 N–H and O–H groups in total. The van der Waals surface area contributed by atoms with Gasteiger partial charge in [-0.15, -0.1) is 0 Å². The molecule has 1 aromatic carbocycles. The number of carbonyl (C=O) groups is 1. The Morgan fingerprint density at radius 3 is 2.96 bits per heavy atom. The summed E-state index contributed by atoms with van der Waals surface area (Å²) in [7, 11) is 0. The summed E-state index contributed by atoms with van der Waals surface area (Å²) in [6.45, 7) is 0.0981. The second-order valence-corrected chi connectivity index (χ2v) is 5.80. The van der Waals surface area contributed by atoms with E-state index in [0.717, 1.165) is 5.69 Å². The Bertz CT molecular complexity index is 728. The van der Waals surface area contributed by atoms with Crippen molar-refractivity contribution in [2.45, 2.75) is 12.5 Å². The van der Waals surface area contributed by atoms with Crippen LogP contribution >= 0.6 is 11.6 Å². The van der Waals surface area contributed by atoms with E-state index in [9.17, 15) is 4.79 Å². The molecule has 1 aliphatic carbocycles. The van der Waals surface area contributed by atoms with E-state index in [0.29, 0.717) is 17.1 Å². The normalized spacial score (nSPS) is 19.7. The summed E-state index contributed by atoms with van der Waals surface area (Å²) < 4.78 is 1.61. The number of urea groups is 1. The number of nitrogens with one attached hydrogen (secondary N) is 2. The largest absolute Gasteiger partial charge is 0.396 e. The predicted molar refractivity (Wildman–Crippen MR) is 88.8 cm³/mol. The highest BCUT2D eigenvalue weighted by Crippen LogP contribution is 2.21. The molecule has 6 nitrogen and oxygen atoms in total. The summed E-state index contributed by atoms with van der Waals surface area (Å²) in [6.07, 6.45) is 7.78. The molecule has 2 amide bonds. The van der Waals surface area contributed by atoms with Crippen LogP contribution in [0.5, 0.6) is 0 Å². The zero-order chi connectivity index (χ0) is 16.2. The second-order valence-electron chi connectivity index (χ2n) is 5.39. The number of amides is 2. The Hall–Kier alpha value is -2.31. The summed E-state index contributed by atoms with van der Waals surface area (Å²) in [5, 5.41) is 19.4. The molecule has 2 atom stereocenters. The van der Waals surface area contributed by atoms with Crippen molar-refractivity contribution in [1.29, 1.82) is 0 Å². The Balaban J connectivity index is 1.60. The molecule has 1 aliphatic rings. The minimum Gasteiger partial charge on any atom is -0.396 e. The van der Waals surface area contributed by atoms with Crippen molar-refractivity contribution in [3.05, 3.63) is 53.8 Å². The lowest BCUT2D eigenvalue weighted by molar-refractivity contribution is 0.238. The molecule has 23 heavy (non-hydrogen) atoms. The highest BCUT2D eigenvalue weighted by Gasteiger charge is 2.19. The fourth-order valence-electron chi connectivity index (χ4n) is 2.51. The first-order valence-corrected chi connectivity index (χ1v) is 7.70. The Labute approximate surface area is 138 Å². The summed E-state index contributed by atoms with van der Waals surface area (Å²) in [4.78, 5) is 12.0. The molecule has 120 valence electrons. The summed E-state index contributed by atoms with van der Waals surface area (Å²) in [5.74, 6) is 0.114. The minimum absolute atomic E-state index is 0.0641. The van der Waals surface area contributed by atoms with Gasteiger partial charge in [0.2, 0.25) is 0 Å². The number of carbonyl (C=O) groups excluding carboxylic acids is 1. The molecule has 0 saturated carbocycles. The van der Waals surface area contributed by atoms with E-state index in [1.807, 2.05) is 30.4 Å². The van der Waals surface area contributed by atoms with Crippen LogP contribution in [-0.2, 0) is 0 Å². The standard InChI is InChI=1S/C16H17ClN4O2/c17-14-3-1-2-4-15(14)21-9-13(8-18-21)20-16(23)19-12-6-5-11(7-12)10-22/h1-6,8-9,11-12,22H,7,10H2,(H2,19,20,23)/t11-,12+/m0/s1. The van der Waals surface area contributed by atoms with Crippen molar-refractivity contribution in [3.8, 4) is 5.69 Å². The first-order valence-electron chi connectivity index (χ1n) is 7.32. The van der Waals surface area contributed by atoms with E-state index >= 15 is 0 Å². The van der Waals surface area contributed by atoms with E-state index < -0.39 is 0 Å². The van der Waals surface area contributed by atoms with Crippen molar-refractivity contribution < 1.29 is 9.90 Å². The molecule has 0 unspecified atom stereocenters. The zero-order valence-corrected chi connectivity index (χ0v) is 13.1. The minimum atomic E-state index is -0.308. The predicted octanol–water partition coefficient (Wildman–Crippen LogP) is 2.58. The van der Waals surface area contributed by atoms with E-state index in [4.69, 9.17) is 16.7 Å². The SMILES string of the molecule is O=C(Nc1cnn(-c2ccccc2Cl)c1)N[C@@H]1C=C[C@H](CO)C1. The molecule has 7 heteroatoms. The summed E-state index contributed by atoms with van der Waals surface area (Å²) in [6, 6.07) is 6.96. The van der Waals surface area contributed by atoms with E-state index in [1.165, 1.54) is 0 Å². The van der Waals surface area contributed by atoms with Crippen LogP contribution in [0.25, 0.3) is 5.69 Å². The first kappa shape index (κ1) is 15.6. The molecule has 0 radical (unpaired) electrons. The Kier molecular flexibility index (Phi) is 4.64. The van der Waals surface area contributed by atoms with Crippen LogP contribution in [0.1, 0.15) is 6.42 Å². The quantitative estimate of drug-likeness (QED) is 0.753. The molecule has 0 fully saturated rings. The number of benzene rings is 1. The van der Waals surface area contributed by atoms with Gasteiger partial charge in [-0.05, 0) is 18.6 Å². The lowest BCUT2D eigenvalue weighted by Gasteiger charge is -2.12. The van der Waals surface area contributed by atoms with Crippen molar-refractivity contribution in [3.63, 3.8) is 0 Å².